The smallest absolute Gasteiger partial charge is 0.0383 e. The van der Waals surface area contributed by atoms with Crippen molar-refractivity contribution in [3.05, 3.63) is 0 Å². The molecule has 18 heavy (non-hydrogen) atoms. The lowest BCUT2D eigenvalue weighted by atomic mass is 9.76. The van der Waals surface area contributed by atoms with E-state index >= 15 is 0 Å². The minimum Gasteiger partial charge on any atom is -0.0651 e. The van der Waals surface area contributed by atoms with Crippen LogP contribution in [0.3, 0.4) is 0 Å². The Morgan fingerprint density at radius 2 is 1.22 bits per heavy atom. The van der Waals surface area contributed by atoms with Crippen LogP contribution in [0.5, 0.6) is 0 Å². The van der Waals surface area contributed by atoms with Crippen LogP contribution >= 0.6 is 0 Å². The highest BCUT2D eigenvalue weighted by molar-refractivity contribution is 4.73. The van der Waals surface area contributed by atoms with E-state index in [-0.39, 0.29) is 0 Å². The van der Waals surface area contributed by atoms with Gasteiger partial charge in [-0.2, -0.15) is 0 Å². The third-order valence-electron chi connectivity index (χ3n) is 5.26. The molecule has 0 heterocycles. The van der Waals surface area contributed by atoms with Crippen molar-refractivity contribution < 1.29 is 0 Å². The molecule has 110 valence electrons. The number of hydrogen-bond acceptors (Lipinski definition) is 0. The topological polar surface area (TPSA) is 0 Å². The van der Waals surface area contributed by atoms with Gasteiger partial charge in [0.25, 0.3) is 0 Å². The molecule has 0 aromatic carbocycles. The number of rotatable bonds is 10. The lowest BCUT2D eigenvalue weighted by molar-refractivity contribution is 0.208. The van der Waals surface area contributed by atoms with Crippen molar-refractivity contribution in [2.24, 2.45) is 29.6 Å². The highest BCUT2D eigenvalue weighted by Gasteiger charge is 2.22. The molecule has 0 radical (unpaired) electrons. The maximum absolute atomic E-state index is 2.45. The molecule has 0 rings (SSSR count). The fourth-order valence-electron chi connectivity index (χ4n) is 2.95. The summed E-state index contributed by atoms with van der Waals surface area (Å²) in [6, 6.07) is 0. The molecule has 0 aliphatic rings. The Morgan fingerprint density at radius 3 is 1.61 bits per heavy atom. The molecule has 0 aliphatic heterocycles. The summed E-state index contributed by atoms with van der Waals surface area (Å²) in [6.07, 6.45) is 8.41. The monoisotopic (exact) mass is 254 g/mol. The van der Waals surface area contributed by atoms with Gasteiger partial charge in [-0.05, 0) is 42.4 Å². The second-order valence-electron chi connectivity index (χ2n) is 6.88. The predicted octanol–water partition coefficient (Wildman–Crippen LogP) is 6.55. The van der Waals surface area contributed by atoms with Crippen LogP contribution in [-0.4, -0.2) is 0 Å². The van der Waals surface area contributed by atoms with Crippen molar-refractivity contribution in [2.45, 2.75) is 87.0 Å². The van der Waals surface area contributed by atoms with Gasteiger partial charge in [-0.25, -0.2) is 0 Å². The van der Waals surface area contributed by atoms with Crippen LogP contribution in [0.1, 0.15) is 87.0 Å². The van der Waals surface area contributed by atoms with E-state index in [1.54, 1.807) is 0 Å². The van der Waals surface area contributed by atoms with Crippen LogP contribution in [0, 0.1) is 29.6 Å². The van der Waals surface area contributed by atoms with E-state index in [4.69, 9.17) is 0 Å². The van der Waals surface area contributed by atoms with Gasteiger partial charge in [0.1, 0.15) is 0 Å². The van der Waals surface area contributed by atoms with E-state index in [9.17, 15) is 0 Å². The quantitative estimate of drug-likeness (QED) is 0.415. The van der Waals surface area contributed by atoms with Crippen molar-refractivity contribution in [1.82, 2.24) is 0 Å². The molecular weight excluding hydrogens is 216 g/mol. The van der Waals surface area contributed by atoms with Gasteiger partial charge in [0.2, 0.25) is 0 Å². The molecule has 0 bridgehead atoms. The van der Waals surface area contributed by atoms with E-state index in [0.29, 0.717) is 0 Å². The minimum absolute atomic E-state index is 0.838. The van der Waals surface area contributed by atoms with Gasteiger partial charge in [-0.15, -0.1) is 0 Å². The summed E-state index contributed by atoms with van der Waals surface area (Å²) < 4.78 is 0. The van der Waals surface area contributed by atoms with Gasteiger partial charge in [-0.3, -0.25) is 0 Å². The molecule has 0 fully saturated rings. The van der Waals surface area contributed by atoms with Crippen LogP contribution in [0.4, 0.5) is 0 Å². The second-order valence-corrected chi connectivity index (χ2v) is 6.88. The molecule has 0 aliphatic carbocycles. The molecule has 0 saturated heterocycles. The highest BCUT2D eigenvalue weighted by Crippen LogP contribution is 2.33. The van der Waals surface area contributed by atoms with Crippen LogP contribution < -0.4 is 0 Å². The first-order valence-electron chi connectivity index (χ1n) is 8.46. The van der Waals surface area contributed by atoms with Crippen LogP contribution in [0.25, 0.3) is 0 Å². The van der Waals surface area contributed by atoms with E-state index in [2.05, 4.69) is 48.5 Å². The van der Waals surface area contributed by atoms with E-state index in [0.717, 1.165) is 29.6 Å². The average Bonchev–Trinajstić information content (AvgIpc) is 2.36. The predicted molar refractivity (Wildman–Crippen MR) is 84.9 cm³/mol. The first-order valence-corrected chi connectivity index (χ1v) is 8.46. The van der Waals surface area contributed by atoms with Crippen molar-refractivity contribution >= 4 is 0 Å². The van der Waals surface area contributed by atoms with Gasteiger partial charge in [-0.1, -0.05) is 74.1 Å². The van der Waals surface area contributed by atoms with Gasteiger partial charge in [0.05, 0.1) is 0 Å². The fourth-order valence-corrected chi connectivity index (χ4v) is 2.95. The highest BCUT2D eigenvalue weighted by atomic mass is 14.3. The first-order chi connectivity index (χ1) is 8.46. The first kappa shape index (κ1) is 18.0. The SMILES string of the molecule is CCC(C)CCC(CC(C)C(C)C)C(CC)CC. The zero-order chi connectivity index (χ0) is 14.1. The average molecular weight is 255 g/mol. The molecule has 0 aromatic heterocycles. The molecule has 3 unspecified atom stereocenters. The molecule has 0 nitrogen and oxygen atoms in total. The molecule has 0 N–H and O–H groups in total. The normalized spacial score (nSPS) is 17.2. The molecule has 0 saturated carbocycles. The molecule has 3 atom stereocenters. The molecular formula is C18H38. The summed E-state index contributed by atoms with van der Waals surface area (Å²) in [5.41, 5.74) is 0. The van der Waals surface area contributed by atoms with E-state index < -0.39 is 0 Å². The maximum Gasteiger partial charge on any atom is -0.0383 e. The van der Waals surface area contributed by atoms with Crippen LogP contribution in [-0.2, 0) is 0 Å². The fraction of sp³-hybridized carbons (Fsp3) is 1.00. The summed E-state index contributed by atoms with van der Waals surface area (Å²) in [6.45, 7) is 16.7. The Hall–Kier alpha value is 0. The summed E-state index contributed by atoms with van der Waals surface area (Å²) in [4.78, 5) is 0. The van der Waals surface area contributed by atoms with Crippen LogP contribution in [0.15, 0.2) is 0 Å². The maximum atomic E-state index is 2.45. The standard InChI is InChI=1S/C18H38/c1-8-15(6)11-12-18(17(9-2)10-3)13-16(7)14(4)5/h14-18H,8-13H2,1-7H3. The van der Waals surface area contributed by atoms with Gasteiger partial charge >= 0.3 is 0 Å². The zero-order valence-electron chi connectivity index (χ0n) is 14.1. The summed E-state index contributed by atoms with van der Waals surface area (Å²) in [7, 11) is 0. The van der Waals surface area contributed by atoms with Crippen LogP contribution in [0.2, 0.25) is 0 Å². The third kappa shape index (κ3) is 6.81. The Labute approximate surface area is 117 Å². The molecule has 0 spiro atoms. The lowest BCUT2D eigenvalue weighted by Gasteiger charge is -2.30. The molecule has 0 heteroatoms. The summed E-state index contributed by atoms with van der Waals surface area (Å²) >= 11 is 0. The van der Waals surface area contributed by atoms with Crippen molar-refractivity contribution in [2.75, 3.05) is 0 Å². The van der Waals surface area contributed by atoms with Crippen molar-refractivity contribution in [1.29, 1.82) is 0 Å². The van der Waals surface area contributed by atoms with Crippen molar-refractivity contribution in [3.63, 3.8) is 0 Å². The zero-order valence-corrected chi connectivity index (χ0v) is 14.1. The Balaban J connectivity index is 4.41. The van der Waals surface area contributed by atoms with E-state index in [1.807, 2.05) is 0 Å². The van der Waals surface area contributed by atoms with Crippen molar-refractivity contribution in [3.8, 4) is 0 Å². The Kier molecular flexibility index (Phi) is 9.87. The Morgan fingerprint density at radius 1 is 0.667 bits per heavy atom. The third-order valence-corrected chi connectivity index (χ3v) is 5.26. The van der Waals surface area contributed by atoms with Gasteiger partial charge in [0, 0.05) is 0 Å². The van der Waals surface area contributed by atoms with Gasteiger partial charge < -0.3 is 0 Å². The minimum atomic E-state index is 0.838. The summed E-state index contributed by atoms with van der Waals surface area (Å²) in [5, 5.41) is 0. The Bertz CT molecular complexity index is 178. The number of hydrogen-bond donors (Lipinski definition) is 0. The molecule has 0 aromatic rings. The largest absolute Gasteiger partial charge is 0.0651 e. The van der Waals surface area contributed by atoms with E-state index in [1.165, 1.54) is 38.5 Å². The second kappa shape index (κ2) is 9.87. The van der Waals surface area contributed by atoms with Gasteiger partial charge in [0.15, 0.2) is 0 Å². The summed E-state index contributed by atoms with van der Waals surface area (Å²) in [5.74, 6) is 4.55. The molecule has 0 amide bonds. The lowest BCUT2D eigenvalue weighted by Crippen LogP contribution is -2.19.